The van der Waals surface area contributed by atoms with Crippen LogP contribution in [0.1, 0.15) is 24.8 Å². The van der Waals surface area contributed by atoms with Gasteiger partial charge < -0.3 is 34.1 Å². The van der Waals surface area contributed by atoms with Gasteiger partial charge in [0.2, 0.25) is 0 Å². The van der Waals surface area contributed by atoms with Crippen molar-refractivity contribution in [2.75, 3.05) is 70.0 Å². The maximum Gasteiger partial charge on any atom is 0.296 e. The summed E-state index contributed by atoms with van der Waals surface area (Å²) >= 11 is 0. The highest BCUT2D eigenvalue weighted by Gasteiger charge is 2.24. The number of rotatable bonds is 14. The first-order valence-electron chi connectivity index (χ1n) is 16.5. The van der Waals surface area contributed by atoms with E-state index in [1.165, 1.54) is 12.7 Å². The summed E-state index contributed by atoms with van der Waals surface area (Å²) < 4.78 is 48.9. The molecule has 51 heavy (non-hydrogen) atoms. The van der Waals surface area contributed by atoms with Crippen LogP contribution >= 0.6 is 0 Å². The molecule has 3 aromatic carbocycles. The molecular weight excluding hydrogens is 675 g/mol. The number of hydrogen-bond donors (Lipinski definition) is 3. The number of ether oxygens (including phenoxy) is 4. The van der Waals surface area contributed by atoms with Gasteiger partial charge in [-0.2, -0.15) is 8.42 Å². The van der Waals surface area contributed by atoms with E-state index in [1.807, 2.05) is 12.1 Å². The molecule has 1 aliphatic heterocycles. The van der Waals surface area contributed by atoms with Gasteiger partial charge in [0.25, 0.3) is 10.2 Å². The van der Waals surface area contributed by atoms with Crippen LogP contribution in [-0.2, 0) is 16.8 Å². The lowest BCUT2D eigenvalue weighted by Gasteiger charge is -2.33. The fourth-order valence-electron chi connectivity index (χ4n) is 6.36. The minimum absolute atomic E-state index is 0.0589. The van der Waals surface area contributed by atoms with E-state index in [1.54, 1.807) is 58.0 Å². The summed E-state index contributed by atoms with van der Waals surface area (Å²) in [6, 6.07) is 12.2. The first kappa shape index (κ1) is 35.6. The standard InChI is InChI=1S/C35H43N9O6S/c1-43(2)13-10-22-11-14-44(15-12-22)35-25-16-30(29(47-3)18-28(25)37-20-40-35)50-19-27-32-26(17-31(48-4)33(27)49-5)34(39-21-38-32)41-23-6-8-24(9-7-23)42-51(36,45)46/h6-9,16-18,20-22,42H,10-15,19H2,1-5H3,(H2,36,45,46)(H,38,39,41). The summed E-state index contributed by atoms with van der Waals surface area (Å²) in [5, 5.41) is 9.90. The second kappa shape index (κ2) is 15.4. The molecule has 16 heteroatoms. The normalized spacial score (nSPS) is 13.8. The largest absolute Gasteiger partial charge is 0.493 e. The molecule has 0 spiro atoms. The number of methoxy groups -OCH3 is 3. The minimum Gasteiger partial charge on any atom is -0.493 e. The van der Waals surface area contributed by atoms with Crippen molar-refractivity contribution in [2.24, 2.45) is 11.1 Å². The lowest BCUT2D eigenvalue weighted by atomic mass is 9.93. The number of hydrogen-bond acceptors (Lipinski definition) is 13. The van der Waals surface area contributed by atoms with Crippen molar-refractivity contribution in [3.05, 3.63) is 60.7 Å². The summed E-state index contributed by atoms with van der Waals surface area (Å²) in [5.74, 6) is 4.03. The van der Waals surface area contributed by atoms with E-state index >= 15 is 0 Å². The molecule has 0 atom stereocenters. The Kier molecular flexibility index (Phi) is 10.7. The predicted octanol–water partition coefficient (Wildman–Crippen LogP) is 4.70. The van der Waals surface area contributed by atoms with Crippen LogP contribution in [0, 0.1) is 5.92 Å². The summed E-state index contributed by atoms with van der Waals surface area (Å²) in [5.41, 5.74) is 2.96. The van der Waals surface area contributed by atoms with Gasteiger partial charge in [-0.25, -0.2) is 25.1 Å². The monoisotopic (exact) mass is 717 g/mol. The van der Waals surface area contributed by atoms with Gasteiger partial charge in [-0.05, 0) is 82.2 Å². The maximum atomic E-state index is 11.4. The molecule has 4 N–H and O–H groups in total. The molecular formula is C35H43N9O6S. The van der Waals surface area contributed by atoms with Crippen molar-refractivity contribution < 1.29 is 27.4 Å². The molecule has 3 heterocycles. The molecule has 0 saturated carbocycles. The van der Waals surface area contributed by atoms with Gasteiger partial charge in [-0.1, -0.05) is 0 Å². The number of piperidine rings is 1. The Bertz CT molecular complexity index is 2110. The van der Waals surface area contributed by atoms with Gasteiger partial charge in [0.15, 0.2) is 23.0 Å². The van der Waals surface area contributed by atoms with Crippen LogP contribution in [0.3, 0.4) is 0 Å². The summed E-state index contributed by atoms with van der Waals surface area (Å²) in [6.07, 6.45) is 6.47. The fourth-order valence-corrected chi connectivity index (χ4v) is 6.82. The molecule has 15 nitrogen and oxygen atoms in total. The van der Waals surface area contributed by atoms with Gasteiger partial charge in [0.05, 0.1) is 37.9 Å². The van der Waals surface area contributed by atoms with Crippen molar-refractivity contribution in [2.45, 2.75) is 25.9 Å². The highest BCUT2D eigenvalue weighted by molar-refractivity contribution is 7.90. The van der Waals surface area contributed by atoms with Crippen molar-refractivity contribution in [1.82, 2.24) is 24.8 Å². The number of aromatic nitrogens is 4. The average molecular weight is 718 g/mol. The summed E-state index contributed by atoms with van der Waals surface area (Å²) in [7, 11) is 5.06. The zero-order valence-corrected chi connectivity index (χ0v) is 30.2. The van der Waals surface area contributed by atoms with Gasteiger partial charge in [0, 0.05) is 41.3 Å². The van der Waals surface area contributed by atoms with Crippen LogP contribution in [0.5, 0.6) is 23.0 Å². The SMILES string of the molecule is COc1cc2ncnc(N3CCC(CCN(C)C)CC3)c2cc1OCc1c(OC)c(OC)cc2c(Nc3ccc(NS(N)(=O)=O)cc3)ncnc12. The fraction of sp³-hybridized carbons (Fsp3) is 0.371. The lowest BCUT2D eigenvalue weighted by Crippen LogP contribution is -2.35. The molecule has 5 aromatic rings. The molecule has 0 unspecified atom stereocenters. The van der Waals surface area contributed by atoms with Crippen LogP contribution in [-0.4, -0.2) is 88.3 Å². The molecule has 0 radical (unpaired) electrons. The molecule has 0 amide bonds. The smallest absolute Gasteiger partial charge is 0.296 e. The minimum atomic E-state index is -3.90. The van der Waals surface area contributed by atoms with Crippen LogP contribution in [0.15, 0.2) is 55.1 Å². The van der Waals surface area contributed by atoms with Gasteiger partial charge in [-0.3, -0.25) is 4.72 Å². The summed E-state index contributed by atoms with van der Waals surface area (Å²) in [6.45, 7) is 3.00. The van der Waals surface area contributed by atoms with Crippen LogP contribution in [0.4, 0.5) is 23.0 Å². The topological polar surface area (TPSA) is 179 Å². The van der Waals surface area contributed by atoms with Crippen LogP contribution in [0.2, 0.25) is 0 Å². The van der Waals surface area contributed by atoms with E-state index in [2.05, 4.69) is 48.9 Å². The Labute approximate surface area is 297 Å². The molecule has 0 bridgehead atoms. The van der Waals surface area contributed by atoms with Crippen molar-refractivity contribution in [1.29, 1.82) is 0 Å². The third kappa shape index (κ3) is 8.24. The zero-order chi connectivity index (χ0) is 36.1. The van der Waals surface area contributed by atoms with Crippen LogP contribution < -0.4 is 39.0 Å². The number of benzene rings is 3. The second-order valence-corrected chi connectivity index (χ2v) is 13.9. The lowest BCUT2D eigenvalue weighted by molar-refractivity contribution is 0.276. The van der Waals surface area contributed by atoms with E-state index < -0.39 is 10.2 Å². The van der Waals surface area contributed by atoms with Crippen molar-refractivity contribution in [3.8, 4) is 23.0 Å². The van der Waals surface area contributed by atoms with E-state index in [0.29, 0.717) is 62.6 Å². The molecule has 6 rings (SSSR count). The van der Waals surface area contributed by atoms with E-state index in [0.717, 1.165) is 49.2 Å². The number of nitrogens with one attached hydrogen (secondary N) is 2. The quantitative estimate of drug-likeness (QED) is 0.144. The highest BCUT2D eigenvalue weighted by atomic mass is 32.2. The maximum absolute atomic E-state index is 11.4. The first-order chi connectivity index (χ1) is 24.6. The molecule has 1 saturated heterocycles. The molecule has 1 fully saturated rings. The van der Waals surface area contributed by atoms with E-state index in [4.69, 9.17) is 29.1 Å². The summed E-state index contributed by atoms with van der Waals surface area (Å²) in [4.78, 5) is 22.9. The molecule has 2 aromatic heterocycles. The Morgan fingerprint density at radius 3 is 2.22 bits per heavy atom. The molecule has 0 aliphatic carbocycles. The van der Waals surface area contributed by atoms with E-state index in [9.17, 15) is 8.42 Å². The highest BCUT2D eigenvalue weighted by Crippen LogP contribution is 2.41. The Balaban J connectivity index is 1.30. The van der Waals surface area contributed by atoms with Gasteiger partial charge in [0.1, 0.15) is 30.9 Å². The number of anilines is 4. The average Bonchev–Trinajstić information content (AvgIpc) is 3.12. The number of nitrogens with zero attached hydrogens (tertiary/aromatic N) is 6. The Morgan fingerprint density at radius 1 is 0.863 bits per heavy atom. The van der Waals surface area contributed by atoms with Crippen LogP contribution in [0.25, 0.3) is 21.8 Å². The second-order valence-electron chi connectivity index (χ2n) is 12.6. The number of fused-ring (bicyclic) bond motifs is 2. The van der Waals surface area contributed by atoms with Crippen molar-refractivity contribution in [3.63, 3.8) is 0 Å². The molecule has 270 valence electrons. The van der Waals surface area contributed by atoms with E-state index in [-0.39, 0.29) is 6.61 Å². The first-order valence-corrected chi connectivity index (χ1v) is 18.0. The Morgan fingerprint density at radius 2 is 1.55 bits per heavy atom. The Hall–Kier alpha value is -5.19. The van der Waals surface area contributed by atoms with Gasteiger partial charge >= 0.3 is 0 Å². The van der Waals surface area contributed by atoms with Crippen molar-refractivity contribution >= 4 is 55.0 Å². The zero-order valence-electron chi connectivity index (χ0n) is 29.3. The predicted molar refractivity (Wildman–Crippen MR) is 198 cm³/mol. The third-order valence-electron chi connectivity index (χ3n) is 8.95. The number of nitrogens with two attached hydrogens (primary N) is 1. The molecule has 1 aliphatic rings. The third-order valence-corrected chi connectivity index (χ3v) is 9.47. The van der Waals surface area contributed by atoms with Gasteiger partial charge in [-0.15, -0.1) is 0 Å².